The Bertz CT molecular complexity index is 255. The van der Waals surface area contributed by atoms with E-state index in [2.05, 4.69) is 11.4 Å². The van der Waals surface area contributed by atoms with Gasteiger partial charge in [-0.3, -0.25) is 0 Å². The van der Waals surface area contributed by atoms with Crippen LogP contribution in [-0.4, -0.2) is 12.6 Å². The van der Waals surface area contributed by atoms with E-state index >= 15 is 0 Å². The number of hydrogen-bond donors (Lipinski definition) is 1. The zero-order valence-electron chi connectivity index (χ0n) is 6.85. The third-order valence-corrected chi connectivity index (χ3v) is 3.35. The molecule has 0 spiro atoms. The van der Waals surface area contributed by atoms with E-state index < -0.39 is 0 Å². The SMILES string of the molecule is Clc1csc(CCNC2CC2)c1. The molecule has 12 heavy (non-hydrogen) atoms. The highest BCUT2D eigenvalue weighted by molar-refractivity contribution is 7.10. The Balaban J connectivity index is 1.71. The van der Waals surface area contributed by atoms with E-state index in [0.717, 1.165) is 24.0 Å². The van der Waals surface area contributed by atoms with Crippen LogP contribution in [0.25, 0.3) is 0 Å². The van der Waals surface area contributed by atoms with Crippen molar-refractivity contribution >= 4 is 22.9 Å². The average Bonchev–Trinajstić information content (AvgIpc) is 2.76. The first-order valence-electron chi connectivity index (χ1n) is 4.31. The van der Waals surface area contributed by atoms with Crippen molar-refractivity contribution in [2.75, 3.05) is 6.54 Å². The Hall–Kier alpha value is -0.0500. The molecule has 1 saturated carbocycles. The van der Waals surface area contributed by atoms with Gasteiger partial charge in [-0.1, -0.05) is 11.6 Å². The van der Waals surface area contributed by atoms with E-state index in [1.165, 1.54) is 17.7 Å². The van der Waals surface area contributed by atoms with Gasteiger partial charge in [-0.2, -0.15) is 0 Å². The third kappa shape index (κ3) is 2.47. The largest absolute Gasteiger partial charge is 0.314 e. The molecule has 66 valence electrons. The van der Waals surface area contributed by atoms with E-state index in [-0.39, 0.29) is 0 Å². The lowest BCUT2D eigenvalue weighted by atomic mass is 10.3. The van der Waals surface area contributed by atoms with Crippen molar-refractivity contribution in [1.82, 2.24) is 5.32 Å². The highest BCUT2D eigenvalue weighted by atomic mass is 35.5. The van der Waals surface area contributed by atoms with Crippen molar-refractivity contribution in [3.05, 3.63) is 21.3 Å². The van der Waals surface area contributed by atoms with Crippen molar-refractivity contribution < 1.29 is 0 Å². The van der Waals surface area contributed by atoms with Gasteiger partial charge in [-0.15, -0.1) is 11.3 Å². The van der Waals surface area contributed by atoms with Crippen LogP contribution in [-0.2, 0) is 6.42 Å². The molecule has 1 fully saturated rings. The smallest absolute Gasteiger partial charge is 0.0515 e. The number of thiophene rings is 1. The highest BCUT2D eigenvalue weighted by Crippen LogP contribution is 2.21. The van der Waals surface area contributed by atoms with Gasteiger partial charge >= 0.3 is 0 Å². The summed E-state index contributed by atoms with van der Waals surface area (Å²) in [5.41, 5.74) is 0. The van der Waals surface area contributed by atoms with Crippen LogP contribution in [0.5, 0.6) is 0 Å². The number of rotatable bonds is 4. The van der Waals surface area contributed by atoms with Crippen LogP contribution >= 0.6 is 22.9 Å². The summed E-state index contributed by atoms with van der Waals surface area (Å²) in [5.74, 6) is 0. The third-order valence-electron chi connectivity index (χ3n) is 2.00. The van der Waals surface area contributed by atoms with Crippen LogP contribution in [0.3, 0.4) is 0 Å². The van der Waals surface area contributed by atoms with Gasteiger partial charge in [0.1, 0.15) is 0 Å². The highest BCUT2D eigenvalue weighted by Gasteiger charge is 2.19. The van der Waals surface area contributed by atoms with Crippen molar-refractivity contribution in [3.8, 4) is 0 Å². The van der Waals surface area contributed by atoms with E-state index in [9.17, 15) is 0 Å². The fourth-order valence-corrected chi connectivity index (χ4v) is 2.25. The zero-order chi connectivity index (χ0) is 8.39. The van der Waals surface area contributed by atoms with Gasteiger partial charge in [0.2, 0.25) is 0 Å². The van der Waals surface area contributed by atoms with Crippen molar-refractivity contribution in [3.63, 3.8) is 0 Å². The average molecular weight is 202 g/mol. The standard InChI is InChI=1S/C9H12ClNS/c10-7-5-9(12-6-7)3-4-11-8-1-2-8/h5-6,8,11H,1-4H2. The molecule has 0 saturated heterocycles. The van der Waals surface area contributed by atoms with Gasteiger partial charge in [0.15, 0.2) is 0 Å². The molecule has 0 radical (unpaired) electrons. The van der Waals surface area contributed by atoms with Crippen LogP contribution < -0.4 is 5.32 Å². The molecular weight excluding hydrogens is 190 g/mol. The van der Waals surface area contributed by atoms with Crippen molar-refractivity contribution in [1.29, 1.82) is 0 Å². The second-order valence-corrected chi connectivity index (χ2v) is 4.64. The minimum absolute atomic E-state index is 0.820. The summed E-state index contributed by atoms with van der Waals surface area (Å²) in [6.45, 7) is 1.10. The lowest BCUT2D eigenvalue weighted by Crippen LogP contribution is -2.18. The normalized spacial score (nSPS) is 16.8. The monoisotopic (exact) mass is 201 g/mol. The summed E-state index contributed by atoms with van der Waals surface area (Å²) in [7, 11) is 0. The predicted octanol–water partition coefficient (Wildman–Crippen LogP) is 2.70. The molecule has 1 aliphatic rings. The molecule has 1 nitrogen and oxygen atoms in total. The Morgan fingerprint density at radius 2 is 2.42 bits per heavy atom. The van der Waals surface area contributed by atoms with Crippen LogP contribution in [0.15, 0.2) is 11.4 Å². The maximum atomic E-state index is 5.80. The van der Waals surface area contributed by atoms with Gasteiger partial charge in [-0.05, 0) is 25.3 Å². The van der Waals surface area contributed by atoms with Crippen LogP contribution in [0.4, 0.5) is 0 Å². The number of halogens is 1. The first-order valence-corrected chi connectivity index (χ1v) is 5.56. The minimum atomic E-state index is 0.820. The molecule has 0 bridgehead atoms. The molecule has 0 aromatic carbocycles. The Kier molecular flexibility index (Phi) is 2.69. The molecule has 1 heterocycles. The molecule has 2 rings (SSSR count). The maximum Gasteiger partial charge on any atom is 0.0515 e. The molecule has 0 aliphatic heterocycles. The van der Waals surface area contributed by atoms with E-state index in [0.29, 0.717) is 0 Å². The lowest BCUT2D eigenvalue weighted by molar-refractivity contribution is 0.685. The molecule has 1 aromatic heterocycles. The Morgan fingerprint density at radius 3 is 3.00 bits per heavy atom. The first kappa shape index (κ1) is 8.54. The molecule has 1 aromatic rings. The topological polar surface area (TPSA) is 12.0 Å². The van der Waals surface area contributed by atoms with E-state index in [4.69, 9.17) is 11.6 Å². The van der Waals surface area contributed by atoms with Gasteiger partial charge in [-0.25, -0.2) is 0 Å². The number of nitrogens with one attached hydrogen (secondary N) is 1. The van der Waals surface area contributed by atoms with Gasteiger partial charge in [0.05, 0.1) is 5.02 Å². The van der Waals surface area contributed by atoms with Gasteiger partial charge < -0.3 is 5.32 Å². The Labute approximate surface area is 81.7 Å². The second-order valence-electron chi connectivity index (χ2n) is 3.21. The second kappa shape index (κ2) is 3.77. The Morgan fingerprint density at radius 1 is 1.58 bits per heavy atom. The summed E-state index contributed by atoms with van der Waals surface area (Å²) in [6.07, 6.45) is 3.85. The summed E-state index contributed by atoms with van der Waals surface area (Å²) >= 11 is 7.55. The summed E-state index contributed by atoms with van der Waals surface area (Å²) in [5, 5.41) is 6.35. The van der Waals surface area contributed by atoms with Crippen LogP contribution in [0.2, 0.25) is 5.02 Å². The minimum Gasteiger partial charge on any atom is -0.314 e. The molecule has 3 heteroatoms. The summed E-state index contributed by atoms with van der Waals surface area (Å²) in [6, 6.07) is 2.88. The molecule has 0 unspecified atom stereocenters. The first-order chi connectivity index (χ1) is 5.84. The molecule has 1 aliphatic carbocycles. The molecule has 0 amide bonds. The van der Waals surface area contributed by atoms with E-state index in [1.54, 1.807) is 11.3 Å². The van der Waals surface area contributed by atoms with Crippen molar-refractivity contribution in [2.24, 2.45) is 0 Å². The fraction of sp³-hybridized carbons (Fsp3) is 0.556. The molecule has 0 atom stereocenters. The van der Waals surface area contributed by atoms with E-state index in [1.807, 2.05) is 5.38 Å². The quantitative estimate of drug-likeness (QED) is 0.790. The van der Waals surface area contributed by atoms with Crippen LogP contribution in [0.1, 0.15) is 17.7 Å². The predicted molar refractivity (Wildman–Crippen MR) is 54.1 cm³/mol. The van der Waals surface area contributed by atoms with Crippen molar-refractivity contribution in [2.45, 2.75) is 25.3 Å². The summed E-state index contributed by atoms with van der Waals surface area (Å²) < 4.78 is 0. The molecular formula is C9H12ClNS. The van der Waals surface area contributed by atoms with Crippen LogP contribution in [0, 0.1) is 0 Å². The maximum absolute atomic E-state index is 5.80. The van der Waals surface area contributed by atoms with Gasteiger partial charge in [0, 0.05) is 22.8 Å². The fourth-order valence-electron chi connectivity index (χ4n) is 1.17. The van der Waals surface area contributed by atoms with Gasteiger partial charge in [0.25, 0.3) is 0 Å². The lowest BCUT2D eigenvalue weighted by Gasteiger charge is -1.98. The molecule has 1 N–H and O–H groups in total. The summed E-state index contributed by atoms with van der Waals surface area (Å²) in [4.78, 5) is 1.38. The number of hydrogen-bond acceptors (Lipinski definition) is 2. The zero-order valence-corrected chi connectivity index (χ0v) is 8.42.